The fourth-order valence-electron chi connectivity index (χ4n) is 2.81. The average Bonchev–Trinajstić information content (AvgIpc) is 2.46. The molecule has 0 radical (unpaired) electrons. The highest BCUT2D eigenvalue weighted by atomic mass is 79.9. The summed E-state index contributed by atoms with van der Waals surface area (Å²) in [5.41, 5.74) is 6.03. The van der Waals surface area contributed by atoms with Gasteiger partial charge in [-0.25, -0.2) is 0 Å². The molecule has 21 heavy (non-hydrogen) atoms. The van der Waals surface area contributed by atoms with Gasteiger partial charge in [-0.15, -0.1) is 0 Å². The number of hydrogen-bond donors (Lipinski definition) is 1. The van der Waals surface area contributed by atoms with E-state index >= 15 is 0 Å². The first-order valence-corrected chi connectivity index (χ1v) is 7.70. The quantitative estimate of drug-likeness (QED) is 0.666. The highest BCUT2D eigenvalue weighted by Gasteiger charge is 2.32. The number of nitro groups is 1. The Labute approximate surface area is 131 Å². The minimum atomic E-state index is -0.498. The number of nitrogens with zero attached hydrogens (tertiary/aromatic N) is 2. The van der Waals surface area contributed by atoms with Gasteiger partial charge in [0.1, 0.15) is 0 Å². The Hall–Kier alpha value is -1.47. The fourth-order valence-corrected chi connectivity index (χ4v) is 3.22. The maximum absolute atomic E-state index is 12.7. The number of nitrogens with two attached hydrogens (primary N) is 1. The summed E-state index contributed by atoms with van der Waals surface area (Å²) >= 11 is 3.30. The number of rotatable bonds is 3. The first-order chi connectivity index (χ1) is 9.95. The van der Waals surface area contributed by atoms with Crippen LogP contribution in [0.2, 0.25) is 0 Å². The Kier molecular flexibility index (Phi) is 4.95. The maximum atomic E-state index is 12.7. The van der Waals surface area contributed by atoms with Crippen LogP contribution in [0.25, 0.3) is 0 Å². The maximum Gasteiger partial charge on any atom is 0.270 e. The van der Waals surface area contributed by atoms with E-state index < -0.39 is 4.92 Å². The number of piperidine rings is 1. The van der Waals surface area contributed by atoms with E-state index in [-0.39, 0.29) is 17.6 Å². The second-order valence-electron chi connectivity index (χ2n) is 5.34. The molecule has 0 spiro atoms. The van der Waals surface area contributed by atoms with Crippen LogP contribution in [0, 0.1) is 16.0 Å². The van der Waals surface area contributed by atoms with Crippen molar-refractivity contribution in [1.29, 1.82) is 0 Å². The van der Waals surface area contributed by atoms with Crippen LogP contribution in [0.15, 0.2) is 22.7 Å². The lowest BCUT2D eigenvalue weighted by molar-refractivity contribution is -0.384. The molecular formula is C14H18BrN3O3. The molecule has 1 heterocycles. The van der Waals surface area contributed by atoms with E-state index in [2.05, 4.69) is 22.9 Å². The van der Waals surface area contributed by atoms with Crippen molar-refractivity contribution in [1.82, 2.24) is 4.90 Å². The van der Waals surface area contributed by atoms with Crippen LogP contribution in [-0.2, 0) is 0 Å². The van der Waals surface area contributed by atoms with Gasteiger partial charge in [0.25, 0.3) is 11.6 Å². The minimum absolute atomic E-state index is 0.0163. The van der Waals surface area contributed by atoms with E-state index in [1.54, 1.807) is 4.90 Å². The monoisotopic (exact) mass is 355 g/mol. The van der Waals surface area contributed by atoms with Gasteiger partial charge < -0.3 is 10.6 Å². The number of hydrogen-bond acceptors (Lipinski definition) is 4. The van der Waals surface area contributed by atoms with Crippen LogP contribution in [0.3, 0.4) is 0 Å². The Balaban J connectivity index is 2.34. The predicted octanol–water partition coefficient (Wildman–Crippen LogP) is 2.56. The third-order valence-corrected chi connectivity index (χ3v) is 4.70. The van der Waals surface area contributed by atoms with Crippen LogP contribution in [0.1, 0.15) is 30.1 Å². The van der Waals surface area contributed by atoms with E-state index in [0.29, 0.717) is 29.0 Å². The molecule has 2 unspecified atom stereocenters. The van der Waals surface area contributed by atoms with Crippen LogP contribution in [-0.4, -0.2) is 34.9 Å². The number of non-ortho nitro benzene ring substituents is 1. The second kappa shape index (κ2) is 6.53. The number of carbonyl (C=O) groups is 1. The van der Waals surface area contributed by atoms with E-state index in [0.717, 1.165) is 12.8 Å². The number of halogens is 1. The van der Waals surface area contributed by atoms with Gasteiger partial charge in [-0.2, -0.15) is 0 Å². The number of nitro benzene ring substituents is 1. The summed E-state index contributed by atoms with van der Waals surface area (Å²) in [5.74, 6) is 0.137. The first-order valence-electron chi connectivity index (χ1n) is 6.90. The highest BCUT2D eigenvalue weighted by Crippen LogP contribution is 2.28. The Bertz CT molecular complexity index is 564. The van der Waals surface area contributed by atoms with Gasteiger partial charge >= 0.3 is 0 Å². The zero-order valence-corrected chi connectivity index (χ0v) is 13.4. The van der Waals surface area contributed by atoms with Crippen LogP contribution in [0.4, 0.5) is 5.69 Å². The molecule has 0 saturated carbocycles. The van der Waals surface area contributed by atoms with Crippen LogP contribution in [0.5, 0.6) is 0 Å². The number of benzene rings is 1. The van der Waals surface area contributed by atoms with Crippen molar-refractivity contribution in [2.45, 2.75) is 25.8 Å². The standard InChI is InChI=1S/C14H18BrN3O3/c1-9-3-2-6-17(13(9)8-16)14(19)11-7-10(18(20)21)4-5-12(11)15/h4-5,7,9,13H,2-3,6,8,16H2,1H3. The molecule has 6 nitrogen and oxygen atoms in total. The molecule has 1 aliphatic rings. The molecule has 1 aromatic carbocycles. The Morgan fingerprint density at radius 1 is 1.57 bits per heavy atom. The molecule has 2 rings (SSSR count). The molecule has 114 valence electrons. The largest absolute Gasteiger partial charge is 0.334 e. The first kappa shape index (κ1) is 15.9. The molecule has 2 atom stereocenters. The predicted molar refractivity (Wildman–Crippen MR) is 83.1 cm³/mol. The molecule has 1 aliphatic heterocycles. The van der Waals surface area contributed by atoms with Gasteiger partial charge in [0.05, 0.1) is 10.5 Å². The molecule has 0 aliphatic carbocycles. The minimum Gasteiger partial charge on any atom is -0.334 e. The van der Waals surface area contributed by atoms with Gasteiger partial charge in [-0.05, 0) is 40.8 Å². The molecule has 1 amide bonds. The van der Waals surface area contributed by atoms with Crippen LogP contribution >= 0.6 is 15.9 Å². The van der Waals surface area contributed by atoms with Crippen LogP contribution < -0.4 is 5.73 Å². The third-order valence-electron chi connectivity index (χ3n) is 4.01. The average molecular weight is 356 g/mol. The van der Waals surface area contributed by atoms with Crippen molar-refractivity contribution < 1.29 is 9.72 Å². The van der Waals surface area contributed by atoms with E-state index in [4.69, 9.17) is 5.73 Å². The van der Waals surface area contributed by atoms with Crippen molar-refractivity contribution in [3.8, 4) is 0 Å². The van der Waals surface area contributed by atoms with Gasteiger partial charge in [-0.3, -0.25) is 14.9 Å². The van der Waals surface area contributed by atoms with Crippen molar-refractivity contribution in [2.75, 3.05) is 13.1 Å². The fraction of sp³-hybridized carbons (Fsp3) is 0.500. The topological polar surface area (TPSA) is 89.5 Å². The molecule has 7 heteroatoms. The van der Waals surface area contributed by atoms with Crippen molar-refractivity contribution in [3.05, 3.63) is 38.3 Å². The second-order valence-corrected chi connectivity index (χ2v) is 6.20. The summed E-state index contributed by atoms with van der Waals surface area (Å²) in [5, 5.41) is 10.9. The van der Waals surface area contributed by atoms with E-state index in [1.165, 1.54) is 18.2 Å². The molecule has 0 bridgehead atoms. The smallest absolute Gasteiger partial charge is 0.270 e. The lowest BCUT2D eigenvalue weighted by Crippen LogP contribution is -2.51. The third kappa shape index (κ3) is 3.24. The summed E-state index contributed by atoms with van der Waals surface area (Å²) in [6, 6.07) is 4.22. The number of amides is 1. The summed E-state index contributed by atoms with van der Waals surface area (Å²) in [7, 11) is 0. The van der Waals surface area contributed by atoms with Gasteiger partial charge in [-0.1, -0.05) is 6.92 Å². The van der Waals surface area contributed by atoms with E-state index in [1.807, 2.05) is 0 Å². The lowest BCUT2D eigenvalue weighted by atomic mass is 9.90. The zero-order valence-electron chi connectivity index (χ0n) is 11.8. The number of likely N-dealkylation sites (tertiary alicyclic amines) is 1. The summed E-state index contributed by atoms with van der Waals surface area (Å²) in [6.45, 7) is 3.12. The summed E-state index contributed by atoms with van der Waals surface area (Å²) in [4.78, 5) is 24.9. The summed E-state index contributed by atoms with van der Waals surface area (Å²) < 4.78 is 0.562. The molecule has 2 N–H and O–H groups in total. The Morgan fingerprint density at radius 3 is 2.90 bits per heavy atom. The zero-order chi connectivity index (χ0) is 15.6. The van der Waals surface area contributed by atoms with Gasteiger partial charge in [0, 0.05) is 35.7 Å². The number of carbonyl (C=O) groups excluding carboxylic acids is 1. The van der Waals surface area contributed by atoms with Crippen molar-refractivity contribution in [2.24, 2.45) is 11.7 Å². The van der Waals surface area contributed by atoms with Crippen molar-refractivity contribution >= 4 is 27.5 Å². The molecule has 0 aromatic heterocycles. The molecular weight excluding hydrogens is 338 g/mol. The van der Waals surface area contributed by atoms with Gasteiger partial charge in [0.15, 0.2) is 0 Å². The SMILES string of the molecule is CC1CCCN(C(=O)c2cc([N+](=O)[O-])ccc2Br)C1CN. The lowest BCUT2D eigenvalue weighted by Gasteiger charge is -2.39. The van der Waals surface area contributed by atoms with Crippen molar-refractivity contribution in [3.63, 3.8) is 0 Å². The summed E-state index contributed by atoms with van der Waals surface area (Å²) in [6.07, 6.45) is 1.97. The molecule has 1 fully saturated rings. The van der Waals surface area contributed by atoms with Gasteiger partial charge in [0.2, 0.25) is 0 Å². The van der Waals surface area contributed by atoms with E-state index in [9.17, 15) is 14.9 Å². The molecule has 1 aromatic rings. The molecule has 1 saturated heterocycles. The highest BCUT2D eigenvalue weighted by molar-refractivity contribution is 9.10. The normalized spacial score (nSPS) is 22.1. The Morgan fingerprint density at radius 2 is 2.29 bits per heavy atom.